The van der Waals surface area contributed by atoms with Crippen molar-refractivity contribution >= 4 is 12.0 Å². The normalized spacial score (nSPS) is 11.8. The second kappa shape index (κ2) is 9.85. The molecule has 0 bridgehead atoms. The van der Waals surface area contributed by atoms with Crippen LogP contribution in [0.5, 0.6) is 5.75 Å². The van der Waals surface area contributed by atoms with Gasteiger partial charge < -0.3 is 9.84 Å². The Labute approximate surface area is 186 Å². The van der Waals surface area contributed by atoms with Crippen LogP contribution in [-0.4, -0.2) is 17.7 Å². The van der Waals surface area contributed by atoms with Gasteiger partial charge in [0.05, 0.1) is 12.2 Å². The first-order valence-corrected chi connectivity index (χ1v) is 9.88. The van der Waals surface area contributed by atoms with Gasteiger partial charge in [-0.25, -0.2) is 13.6 Å². The molecule has 3 rings (SSSR count). The van der Waals surface area contributed by atoms with E-state index >= 15 is 0 Å². The van der Waals surface area contributed by atoms with E-state index in [1.807, 2.05) is 0 Å². The molecule has 0 radical (unpaired) electrons. The third kappa shape index (κ3) is 5.77. The number of halogens is 5. The van der Waals surface area contributed by atoms with Gasteiger partial charge in [-0.05, 0) is 71.1 Å². The Bertz CT molecular complexity index is 1180. The maximum Gasteiger partial charge on any atom is 0.416 e. The summed E-state index contributed by atoms with van der Waals surface area (Å²) in [6.07, 6.45) is -5.03. The fourth-order valence-electron chi connectivity index (χ4n) is 3.34. The van der Waals surface area contributed by atoms with Gasteiger partial charge in [0, 0.05) is 11.6 Å². The molecule has 0 saturated carbocycles. The Balaban J connectivity index is 2.09. The van der Waals surface area contributed by atoms with Crippen LogP contribution in [0, 0.1) is 0 Å². The fourth-order valence-corrected chi connectivity index (χ4v) is 3.34. The second-order valence-corrected chi connectivity index (χ2v) is 7.04. The fraction of sp³-hybridized carbons (Fsp3) is 0.160. The standard InChI is InChI=1S/C25H19F5O3/c1-2-33-23(32)11-7-16-13-19(31)8-10-20(16)17-6-9-21(22(14-17)24(26)27)15-4-3-5-18(12-15)25(28,29)30/h3-14,24,31H,2H2,1H3/b11-7+. The van der Waals surface area contributed by atoms with Crippen LogP contribution in [0.3, 0.4) is 0 Å². The van der Waals surface area contributed by atoms with Crippen molar-refractivity contribution < 1.29 is 36.6 Å². The van der Waals surface area contributed by atoms with Gasteiger partial charge in [0.1, 0.15) is 5.75 Å². The molecule has 0 spiro atoms. The van der Waals surface area contributed by atoms with Crippen LogP contribution >= 0.6 is 0 Å². The summed E-state index contributed by atoms with van der Waals surface area (Å²) in [5.74, 6) is -0.711. The van der Waals surface area contributed by atoms with Gasteiger partial charge in [-0.15, -0.1) is 0 Å². The average Bonchev–Trinajstić information content (AvgIpc) is 2.77. The van der Waals surface area contributed by atoms with Crippen molar-refractivity contribution in [1.82, 2.24) is 0 Å². The number of hydrogen-bond donors (Lipinski definition) is 1. The van der Waals surface area contributed by atoms with Crippen LogP contribution in [0.15, 0.2) is 66.7 Å². The molecule has 0 saturated heterocycles. The second-order valence-electron chi connectivity index (χ2n) is 7.04. The number of benzene rings is 3. The van der Waals surface area contributed by atoms with Gasteiger partial charge in [0.25, 0.3) is 6.43 Å². The molecule has 0 unspecified atom stereocenters. The van der Waals surface area contributed by atoms with E-state index in [-0.39, 0.29) is 23.5 Å². The number of aromatic hydroxyl groups is 1. The number of alkyl halides is 5. The van der Waals surface area contributed by atoms with Crippen LogP contribution in [0.4, 0.5) is 22.0 Å². The lowest BCUT2D eigenvalue weighted by Crippen LogP contribution is -2.04. The number of rotatable bonds is 6. The van der Waals surface area contributed by atoms with Crippen molar-refractivity contribution in [3.63, 3.8) is 0 Å². The minimum absolute atomic E-state index is 0.0137. The number of phenolic OH excluding ortho intramolecular Hbond substituents is 1. The Morgan fingerprint density at radius 1 is 1.00 bits per heavy atom. The molecule has 0 atom stereocenters. The quantitative estimate of drug-likeness (QED) is 0.238. The zero-order chi connectivity index (χ0) is 24.2. The smallest absolute Gasteiger partial charge is 0.416 e. The van der Waals surface area contributed by atoms with Crippen LogP contribution in [0.25, 0.3) is 28.3 Å². The number of hydrogen-bond acceptors (Lipinski definition) is 3. The SMILES string of the molecule is CCOC(=O)/C=C/c1cc(O)ccc1-c1ccc(-c2cccc(C(F)(F)F)c2)c(C(F)F)c1. The Morgan fingerprint density at radius 2 is 1.70 bits per heavy atom. The molecule has 0 amide bonds. The van der Waals surface area contributed by atoms with E-state index in [2.05, 4.69) is 0 Å². The van der Waals surface area contributed by atoms with E-state index in [0.29, 0.717) is 16.7 Å². The Morgan fingerprint density at radius 3 is 2.36 bits per heavy atom. The van der Waals surface area contributed by atoms with Crippen LogP contribution in [-0.2, 0) is 15.7 Å². The monoisotopic (exact) mass is 462 g/mol. The summed E-state index contributed by atoms with van der Waals surface area (Å²) < 4.78 is 71.9. The van der Waals surface area contributed by atoms with E-state index in [1.165, 1.54) is 54.6 Å². The van der Waals surface area contributed by atoms with Gasteiger partial charge in [0.2, 0.25) is 0 Å². The van der Waals surface area contributed by atoms with E-state index in [9.17, 15) is 31.9 Å². The van der Waals surface area contributed by atoms with E-state index in [1.54, 1.807) is 6.92 Å². The first-order chi connectivity index (χ1) is 15.6. The summed E-state index contributed by atoms with van der Waals surface area (Å²) in [5, 5.41) is 9.82. The molecule has 3 nitrogen and oxygen atoms in total. The van der Waals surface area contributed by atoms with Crippen molar-refractivity contribution in [3.8, 4) is 28.0 Å². The summed E-state index contributed by atoms with van der Waals surface area (Å²) in [6, 6.07) is 12.4. The summed E-state index contributed by atoms with van der Waals surface area (Å²) in [7, 11) is 0. The van der Waals surface area contributed by atoms with Gasteiger partial charge in [-0.1, -0.05) is 30.3 Å². The molecular weight excluding hydrogens is 443 g/mol. The molecule has 3 aromatic carbocycles. The molecule has 8 heteroatoms. The Hall–Kier alpha value is -3.68. The summed E-state index contributed by atoms with van der Waals surface area (Å²) in [5.41, 5.74) is -0.248. The summed E-state index contributed by atoms with van der Waals surface area (Å²) in [6.45, 7) is 1.81. The molecule has 3 aromatic rings. The highest BCUT2D eigenvalue weighted by Crippen LogP contribution is 2.38. The molecule has 0 aromatic heterocycles. The first-order valence-electron chi connectivity index (χ1n) is 9.88. The first kappa shape index (κ1) is 24.0. The number of ether oxygens (including phenoxy) is 1. The van der Waals surface area contributed by atoms with Gasteiger partial charge in [-0.2, -0.15) is 13.2 Å². The maximum atomic E-state index is 13.9. The lowest BCUT2D eigenvalue weighted by atomic mass is 9.92. The molecule has 0 aliphatic carbocycles. The summed E-state index contributed by atoms with van der Waals surface area (Å²) >= 11 is 0. The number of phenols is 1. The van der Waals surface area contributed by atoms with E-state index in [0.717, 1.165) is 18.2 Å². The molecule has 172 valence electrons. The number of carbonyl (C=O) groups is 1. The minimum atomic E-state index is -4.60. The lowest BCUT2D eigenvalue weighted by Gasteiger charge is -2.15. The van der Waals surface area contributed by atoms with Gasteiger partial charge >= 0.3 is 12.1 Å². The third-order valence-electron chi connectivity index (χ3n) is 4.82. The van der Waals surface area contributed by atoms with Crippen molar-refractivity contribution in [2.24, 2.45) is 0 Å². The van der Waals surface area contributed by atoms with Crippen LogP contribution < -0.4 is 0 Å². The predicted octanol–water partition coefficient (Wildman–Crippen LogP) is 7.26. The van der Waals surface area contributed by atoms with Crippen molar-refractivity contribution in [2.45, 2.75) is 19.5 Å². The number of carbonyl (C=O) groups excluding carboxylic acids is 1. The van der Waals surface area contributed by atoms with E-state index in [4.69, 9.17) is 4.74 Å². The van der Waals surface area contributed by atoms with Crippen molar-refractivity contribution in [2.75, 3.05) is 6.61 Å². The molecule has 0 aliphatic rings. The molecule has 0 heterocycles. The Kier molecular flexibility index (Phi) is 7.16. The molecule has 0 aliphatic heterocycles. The molecule has 1 N–H and O–H groups in total. The highest BCUT2D eigenvalue weighted by molar-refractivity contribution is 5.89. The zero-order valence-electron chi connectivity index (χ0n) is 17.4. The van der Waals surface area contributed by atoms with Gasteiger partial charge in [0.15, 0.2) is 0 Å². The van der Waals surface area contributed by atoms with E-state index < -0.39 is 29.7 Å². The topological polar surface area (TPSA) is 46.5 Å². The zero-order valence-corrected chi connectivity index (χ0v) is 17.4. The molecule has 33 heavy (non-hydrogen) atoms. The van der Waals surface area contributed by atoms with Crippen molar-refractivity contribution in [3.05, 3.63) is 83.4 Å². The predicted molar refractivity (Wildman–Crippen MR) is 115 cm³/mol. The van der Waals surface area contributed by atoms with Crippen molar-refractivity contribution in [1.29, 1.82) is 0 Å². The largest absolute Gasteiger partial charge is 0.508 e. The maximum absolute atomic E-state index is 13.9. The van der Waals surface area contributed by atoms with Crippen LogP contribution in [0.1, 0.15) is 30.0 Å². The lowest BCUT2D eigenvalue weighted by molar-refractivity contribution is -0.138. The number of esters is 1. The van der Waals surface area contributed by atoms with Gasteiger partial charge in [-0.3, -0.25) is 0 Å². The highest BCUT2D eigenvalue weighted by atomic mass is 19.4. The molecular formula is C25H19F5O3. The minimum Gasteiger partial charge on any atom is -0.508 e. The summed E-state index contributed by atoms with van der Waals surface area (Å²) in [4.78, 5) is 11.6. The van der Waals surface area contributed by atoms with Crippen LogP contribution in [0.2, 0.25) is 0 Å². The average molecular weight is 462 g/mol. The third-order valence-corrected chi connectivity index (χ3v) is 4.82. The highest BCUT2D eigenvalue weighted by Gasteiger charge is 2.30. The molecule has 0 fully saturated rings.